The normalized spacial score (nSPS) is 19.9. The summed E-state index contributed by atoms with van der Waals surface area (Å²) in [7, 11) is 0. The van der Waals surface area contributed by atoms with Crippen LogP contribution in [-0.2, 0) is 38.4 Å². The number of alkyl halides is 2. The molecule has 4 aromatic rings. The number of ether oxygens (including phenoxy) is 4. The van der Waals surface area contributed by atoms with Gasteiger partial charge < -0.3 is 24.2 Å². The van der Waals surface area contributed by atoms with Crippen LogP contribution in [0.3, 0.4) is 0 Å². The first-order valence-electron chi connectivity index (χ1n) is 18.9. The van der Waals surface area contributed by atoms with Crippen molar-refractivity contribution < 1.29 is 46.4 Å². The van der Waals surface area contributed by atoms with Crippen LogP contribution in [-0.4, -0.2) is 55.8 Å². The molecule has 4 heterocycles. The van der Waals surface area contributed by atoms with Crippen molar-refractivity contribution in [1.29, 1.82) is 0 Å². The largest absolute Gasteiger partial charge is 0.619 e. The summed E-state index contributed by atoms with van der Waals surface area (Å²) in [6.07, 6.45) is 4.70. The van der Waals surface area contributed by atoms with Crippen molar-refractivity contribution in [1.82, 2.24) is 10.2 Å². The quantitative estimate of drug-likeness (QED) is 0.0651. The summed E-state index contributed by atoms with van der Waals surface area (Å²) in [5.74, 6) is -1.15. The summed E-state index contributed by atoms with van der Waals surface area (Å²) in [6.45, 7) is 0.105. The zero-order chi connectivity index (χ0) is 40.1. The van der Waals surface area contributed by atoms with Crippen LogP contribution in [0.4, 0.5) is 13.2 Å². The van der Waals surface area contributed by atoms with Gasteiger partial charge in [0.05, 0.1) is 13.0 Å². The third-order valence-electron chi connectivity index (χ3n) is 10.6. The van der Waals surface area contributed by atoms with Gasteiger partial charge in [0.15, 0.2) is 23.9 Å². The topological polar surface area (TPSA) is 113 Å². The highest BCUT2D eigenvalue weighted by Gasteiger charge is 2.38. The number of esters is 2. The Morgan fingerprint density at radius 1 is 0.930 bits per heavy atom. The highest BCUT2D eigenvalue weighted by atomic mass is 35.5. The molecule has 1 unspecified atom stereocenters. The summed E-state index contributed by atoms with van der Waals surface area (Å²) in [5, 5.41) is 15.2. The van der Waals surface area contributed by atoms with E-state index in [2.05, 4.69) is 10.2 Å². The van der Waals surface area contributed by atoms with Gasteiger partial charge in [-0.3, -0.25) is 15.0 Å². The van der Waals surface area contributed by atoms with Crippen molar-refractivity contribution in [2.24, 2.45) is 11.8 Å². The van der Waals surface area contributed by atoms with E-state index in [1.54, 1.807) is 42.5 Å². The number of hydrogen-bond acceptors (Lipinski definition) is 9. The highest BCUT2D eigenvalue weighted by molar-refractivity contribution is 6.35. The number of carbonyl (C=O) groups excluding carboxylic acids is 2. The SMILES string of the molecule is O=C(Cc1ccc(CNC(C(=O)O[C@H]2CN3CCC2CC3)c2ccccc2F)cc1)O[C@@H](Cc1c(Cl)c[n+]([O-])cc1Cl)c1ccc(OC(F)F)c(OCC2CC2)c1. The van der Waals surface area contributed by atoms with Gasteiger partial charge in [-0.05, 0) is 85.5 Å². The van der Waals surface area contributed by atoms with Crippen LogP contribution in [0, 0.1) is 22.9 Å². The lowest BCUT2D eigenvalue weighted by Gasteiger charge is -2.44. The van der Waals surface area contributed by atoms with Crippen molar-refractivity contribution in [3.8, 4) is 11.5 Å². The first kappa shape index (κ1) is 40.6. The van der Waals surface area contributed by atoms with Gasteiger partial charge in [-0.1, -0.05) is 71.7 Å². The summed E-state index contributed by atoms with van der Waals surface area (Å²) < 4.78 is 64.4. The van der Waals surface area contributed by atoms with Crippen molar-refractivity contribution >= 4 is 35.1 Å². The summed E-state index contributed by atoms with van der Waals surface area (Å²) in [5.41, 5.74) is 2.33. The Hall–Kier alpha value is -4.56. The standard InChI is InChI=1S/C42H42Cl2F3N3O7/c43-32-21-50(53)22-33(44)31(32)19-36(29-11-12-35(57-42(46)47)37(18-29)54-24-27-9-10-27)55-39(51)17-25-5-7-26(8-6-25)20-48-40(30-3-1-2-4-34(30)45)41(52)56-38-23-49-15-13-28(38)14-16-49/h1-8,11-12,18,21-22,27-28,36,38,40,42,48H,9-10,13-17,19-20,23-24H2/t36-,38-,40?/m0/s1. The lowest BCUT2D eigenvalue weighted by Crippen LogP contribution is -2.52. The zero-order valence-corrected chi connectivity index (χ0v) is 32.4. The fourth-order valence-electron chi connectivity index (χ4n) is 7.31. The average molecular weight is 829 g/mol. The molecule has 4 fully saturated rings. The van der Waals surface area contributed by atoms with Crippen LogP contribution in [0.1, 0.15) is 65.6 Å². The number of halogens is 5. The molecule has 3 aromatic carbocycles. The molecule has 0 spiro atoms. The van der Waals surface area contributed by atoms with Crippen LogP contribution < -0.4 is 19.5 Å². The molecule has 15 heteroatoms. The van der Waals surface area contributed by atoms with Gasteiger partial charge >= 0.3 is 18.6 Å². The molecule has 3 atom stereocenters. The number of nitrogens with zero attached hydrogens (tertiary/aromatic N) is 2. The van der Waals surface area contributed by atoms with Crippen LogP contribution in [0.2, 0.25) is 10.0 Å². The molecule has 3 aliphatic heterocycles. The summed E-state index contributed by atoms with van der Waals surface area (Å²) in [6, 6.07) is 16.5. The predicted molar refractivity (Wildman–Crippen MR) is 204 cm³/mol. The minimum atomic E-state index is -3.08. The minimum absolute atomic E-state index is 0.0444. The number of fused-ring (bicyclic) bond motifs is 3. The number of hydrogen-bond donors (Lipinski definition) is 1. The molecule has 302 valence electrons. The molecule has 1 aliphatic carbocycles. The van der Waals surface area contributed by atoms with Gasteiger partial charge in [-0.25, -0.2) is 9.18 Å². The highest BCUT2D eigenvalue weighted by Crippen LogP contribution is 2.38. The number of pyridine rings is 1. The third-order valence-corrected chi connectivity index (χ3v) is 11.3. The molecule has 57 heavy (non-hydrogen) atoms. The maximum Gasteiger partial charge on any atom is 0.387 e. The van der Waals surface area contributed by atoms with E-state index >= 15 is 0 Å². The van der Waals surface area contributed by atoms with Gasteiger partial charge in [0.1, 0.15) is 34.1 Å². The zero-order valence-electron chi connectivity index (χ0n) is 30.9. The monoisotopic (exact) mass is 827 g/mol. The third kappa shape index (κ3) is 10.7. The van der Waals surface area contributed by atoms with E-state index in [1.807, 2.05) is 0 Å². The van der Waals surface area contributed by atoms with Crippen molar-refractivity contribution in [3.63, 3.8) is 0 Å². The fourth-order valence-corrected chi connectivity index (χ4v) is 7.91. The van der Waals surface area contributed by atoms with Gasteiger partial charge in [0, 0.05) is 30.6 Å². The Balaban J connectivity index is 1.04. The van der Waals surface area contributed by atoms with Crippen LogP contribution in [0.25, 0.3) is 0 Å². The van der Waals surface area contributed by atoms with E-state index in [0.29, 0.717) is 46.4 Å². The summed E-state index contributed by atoms with van der Waals surface area (Å²) in [4.78, 5) is 29.3. The number of carbonyl (C=O) groups is 2. The number of benzene rings is 3. The smallest absolute Gasteiger partial charge is 0.387 e. The predicted octanol–water partition coefficient (Wildman–Crippen LogP) is 7.69. The van der Waals surface area contributed by atoms with E-state index in [-0.39, 0.29) is 52.6 Å². The second kappa shape index (κ2) is 18.4. The van der Waals surface area contributed by atoms with E-state index in [1.165, 1.54) is 24.3 Å². The Labute approximate surface area is 338 Å². The maximum absolute atomic E-state index is 15.0. The number of rotatable bonds is 17. The van der Waals surface area contributed by atoms with Gasteiger partial charge in [-0.2, -0.15) is 13.5 Å². The van der Waals surface area contributed by atoms with E-state index in [0.717, 1.165) is 56.7 Å². The Kier molecular flexibility index (Phi) is 13.1. The fraction of sp³-hybridized carbons (Fsp3) is 0.405. The average Bonchev–Trinajstić information content (AvgIpc) is 4.02. The Morgan fingerprint density at radius 3 is 2.28 bits per heavy atom. The summed E-state index contributed by atoms with van der Waals surface area (Å²) >= 11 is 12.8. The lowest BCUT2D eigenvalue weighted by atomic mass is 9.86. The first-order chi connectivity index (χ1) is 27.5. The number of piperidine rings is 3. The molecule has 8 rings (SSSR count). The van der Waals surface area contributed by atoms with Gasteiger partial charge in [-0.15, -0.1) is 0 Å². The van der Waals surface area contributed by atoms with E-state index in [4.69, 9.17) is 42.1 Å². The lowest BCUT2D eigenvalue weighted by molar-refractivity contribution is -0.605. The molecule has 10 nitrogen and oxygen atoms in total. The second-order valence-electron chi connectivity index (χ2n) is 14.8. The van der Waals surface area contributed by atoms with Crippen molar-refractivity contribution in [2.75, 3.05) is 26.2 Å². The maximum atomic E-state index is 15.0. The van der Waals surface area contributed by atoms with Gasteiger partial charge in [0.2, 0.25) is 0 Å². The second-order valence-corrected chi connectivity index (χ2v) is 15.6. The molecule has 1 aromatic heterocycles. The van der Waals surface area contributed by atoms with Gasteiger partial charge in [0.25, 0.3) is 0 Å². The van der Waals surface area contributed by atoms with Crippen molar-refractivity contribution in [3.05, 3.63) is 128 Å². The van der Waals surface area contributed by atoms with Crippen LogP contribution in [0.15, 0.2) is 79.1 Å². The molecular weight excluding hydrogens is 786 g/mol. The van der Waals surface area contributed by atoms with Crippen molar-refractivity contribution in [2.45, 2.75) is 69.9 Å². The van der Waals surface area contributed by atoms with E-state index in [9.17, 15) is 28.0 Å². The number of aromatic nitrogens is 1. The Morgan fingerprint density at radius 2 is 1.63 bits per heavy atom. The van der Waals surface area contributed by atoms with Crippen LogP contribution >= 0.6 is 23.2 Å². The molecule has 2 bridgehead atoms. The Bertz CT molecular complexity index is 2020. The molecule has 0 radical (unpaired) electrons. The van der Waals surface area contributed by atoms with Crippen LogP contribution in [0.5, 0.6) is 11.5 Å². The molecule has 0 amide bonds. The molecule has 1 saturated carbocycles. The van der Waals surface area contributed by atoms with E-state index < -0.39 is 36.5 Å². The molecular formula is C42H42Cl2F3N3O7. The first-order valence-corrected chi connectivity index (χ1v) is 19.7. The minimum Gasteiger partial charge on any atom is -0.619 e. The molecule has 1 N–H and O–H groups in total. The molecule has 3 saturated heterocycles. The molecule has 4 aliphatic rings. The number of nitrogens with one attached hydrogen (secondary N) is 1.